The van der Waals surface area contributed by atoms with Crippen LogP contribution in [0, 0.1) is 6.92 Å². The van der Waals surface area contributed by atoms with Gasteiger partial charge in [-0.15, -0.1) is 36.2 Å². The summed E-state index contributed by atoms with van der Waals surface area (Å²) < 4.78 is 0. The van der Waals surface area contributed by atoms with E-state index in [0.29, 0.717) is 17.9 Å². The second-order valence-corrected chi connectivity index (χ2v) is 4.84. The number of rotatable bonds is 4. The molecule has 0 radical (unpaired) electrons. The number of amides is 1. The van der Waals surface area contributed by atoms with Crippen molar-refractivity contribution in [2.75, 3.05) is 5.73 Å². The quantitative estimate of drug-likeness (QED) is 0.897. The maximum absolute atomic E-state index is 11.7. The van der Waals surface area contributed by atoms with Crippen LogP contribution in [-0.4, -0.2) is 15.9 Å². The molecule has 0 aromatic carbocycles. The number of aromatic nitrogens is 2. The fourth-order valence-corrected chi connectivity index (χ4v) is 2.16. The Labute approximate surface area is 133 Å². The smallest absolute Gasteiger partial charge is 0.226 e. The minimum Gasteiger partial charge on any atom is -0.397 e. The molecule has 2 aromatic rings. The molecule has 2 rings (SSSR count). The predicted octanol–water partition coefficient (Wildman–Crippen LogP) is 2.13. The Morgan fingerprint density at radius 1 is 1.35 bits per heavy atom. The van der Waals surface area contributed by atoms with Crippen LogP contribution in [0.4, 0.5) is 5.69 Å². The minimum absolute atomic E-state index is 0. The molecule has 5 nitrogen and oxygen atoms in total. The largest absolute Gasteiger partial charge is 0.397 e. The third-order valence-corrected chi connectivity index (χ3v) is 3.42. The van der Waals surface area contributed by atoms with E-state index >= 15 is 0 Å². The van der Waals surface area contributed by atoms with Crippen LogP contribution in [0.15, 0.2) is 23.8 Å². The number of anilines is 1. The second-order valence-electron chi connectivity index (χ2n) is 3.90. The Bertz CT molecular complexity index is 545. The maximum atomic E-state index is 11.7. The summed E-state index contributed by atoms with van der Waals surface area (Å²) in [5.41, 5.74) is 9.58. The van der Waals surface area contributed by atoms with Gasteiger partial charge >= 0.3 is 0 Å². The van der Waals surface area contributed by atoms with Crippen LogP contribution in [0.25, 0.3) is 0 Å². The van der Waals surface area contributed by atoms with Gasteiger partial charge in [-0.25, -0.2) is 4.98 Å². The molecule has 0 fully saturated rings. The third kappa shape index (κ3) is 5.32. The zero-order valence-electron chi connectivity index (χ0n) is 10.8. The van der Waals surface area contributed by atoms with E-state index in [4.69, 9.17) is 5.73 Å². The molecule has 0 saturated heterocycles. The van der Waals surface area contributed by atoms with Crippen LogP contribution < -0.4 is 11.1 Å². The number of nitrogen functional groups attached to an aromatic ring is 1. The number of nitrogens with one attached hydrogen (secondary N) is 1. The van der Waals surface area contributed by atoms with Crippen molar-refractivity contribution in [2.45, 2.75) is 19.9 Å². The first kappa shape index (κ1) is 18.6. The van der Waals surface area contributed by atoms with Crippen LogP contribution in [-0.2, 0) is 17.8 Å². The predicted molar refractivity (Wildman–Crippen MR) is 85.5 cm³/mol. The molecule has 0 unspecified atom stereocenters. The van der Waals surface area contributed by atoms with Crippen molar-refractivity contribution < 1.29 is 4.79 Å². The highest BCUT2D eigenvalue weighted by Gasteiger charge is 2.06. The number of thiazole rings is 1. The van der Waals surface area contributed by atoms with Crippen molar-refractivity contribution in [2.24, 2.45) is 0 Å². The summed E-state index contributed by atoms with van der Waals surface area (Å²) in [7, 11) is 0. The van der Waals surface area contributed by atoms with Crippen LogP contribution in [0.1, 0.15) is 16.3 Å². The number of carbonyl (C=O) groups excluding carboxylic acids is 1. The van der Waals surface area contributed by atoms with Crippen molar-refractivity contribution >= 4 is 47.7 Å². The molecule has 0 bridgehead atoms. The average molecular weight is 335 g/mol. The summed E-state index contributed by atoms with van der Waals surface area (Å²) in [6, 6.07) is 3.50. The van der Waals surface area contributed by atoms with Gasteiger partial charge in [-0.3, -0.25) is 9.78 Å². The number of nitrogens with zero attached hydrogens (tertiary/aromatic N) is 2. The lowest BCUT2D eigenvalue weighted by Gasteiger charge is -2.04. The summed E-state index contributed by atoms with van der Waals surface area (Å²) in [4.78, 5) is 21.0. The van der Waals surface area contributed by atoms with Crippen molar-refractivity contribution in [1.29, 1.82) is 0 Å². The molecule has 0 spiro atoms. The summed E-state index contributed by atoms with van der Waals surface area (Å²) in [6.07, 6.45) is 1.81. The molecule has 1 amide bonds. The van der Waals surface area contributed by atoms with E-state index in [9.17, 15) is 4.79 Å². The lowest BCUT2D eigenvalue weighted by molar-refractivity contribution is -0.120. The second kappa shape index (κ2) is 8.73. The number of hydrogen-bond acceptors (Lipinski definition) is 5. The highest BCUT2D eigenvalue weighted by atomic mass is 35.5. The van der Waals surface area contributed by atoms with Crippen LogP contribution in [0.3, 0.4) is 0 Å². The summed E-state index contributed by atoms with van der Waals surface area (Å²) in [6.45, 7) is 2.45. The summed E-state index contributed by atoms with van der Waals surface area (Å²) in [5.74, 6) is -0.0555. The molecule has 0 aliphatic heterocycles. The first-order chi connectivity index (χ1) is 8.65. The lowest BCUT2D eigenvalue weighted by Crippen LogP contribution is -2.24. The molecule has 0 saturated carbocycles. The molecular formula is C12H16Cl2N4OS. The fourth-order valence-electron chi connectivity index (χ4n) is 1.44. The van der Waals surface area contributed by atoms with Gasteiger partial charge in [0.05, 0.1) is 36.1 Å². The zero-order chi connectivity index (χ0) is 13.0. The Kier molecular flexibility index (Phi) is 8.13. The molecule has 0 aliphatic carbocycles. The number of aryl methyl sites for hydroxylation is 1. The molecule has 8 heteroatoms. The van der Waals surface area contributed by atoms with Gasteiger partial charge in [0, 0.05) is 10.6 Å². The molecule has 110 valence electrons. The standard InChI is InChI=1S/C12H14N4OS.2ClH/c1-8-11(18-7-16-8)6-15-12(17)4-10-3-2-9(13)5-14-10;;/h2-3,5,7H,4,6,13H2,1H3,(H,15,17);2*1H. The maximum Gasteiger partial charge on any atom is 0.226 e. The number of pyridine rings is 1. The average Bonchev–Trinajstić information content (AvgIpc) is 2.75. The summed E-state index contributed by atoms with van der Waals surface area (Å²) in [5, 5.41) is 2.85. The Hall–Kier alpha value is -1.37. The highest BCUT2D eigenvalue weighted by Crippen LogP contribution is 2.11. The van der Waals surface area contributed by atoms with Gasteiger partial charge in [-0.1, -0.05) is 0 Å². The van der Waals surface area contributed by atoms with E-state index in [1.807, 2.05) is 6.92 Å². The molecule has 3 N–H and O–H groups in total. The molecule has 2 aromatic heterocycles. The van der Waals surface area contributed by atoms with Crippen LogP contribution >= 0.6 is 36.2 Å². The van der Waals surface area contributed by atoms with E-state index in [1.54, 1.807) is 35.2 Å². The van der Waals surface area contributed by atoms with E-state index in [2.05, 4.69) is 15.3 Å². The van der Waals surface area contributed by atoms with Gasteiger partial charge in [-0.05, 0) is 19.1 Å². The Morgan fingerprint density at radius 2 is 2.10 bits per heavy atom. The highest BCUT2D eigenvalue weighted by molar-refractivity contribution is 7.09. The minimum atomic E-state index is -0.0555. The van der Waals surface area contributed by atoms with Crippen molar-refractivity contribution in [3.8, 4) is 0 Å². The van der Waals surface area contributed by atoms with E-state index in [-0.39, 0.29) is 37.1 Å². The Morgan fingerprint density at radius 3 is 2.65 bits per heavy atom. The van der Waals surface area contributed by atoms with Crippen molar-refractivity contribution in [3.05, 3.63) is 40.1 Å². The van der Waals surface area contributed by atoms with Gasteiger partial charge in [-0.2, -0.15) is 0 Å². The SMILES string of the molecule is Cc1ncsc1CNC(=O)Cc1ccc(N)cn1.Cl.Cl. The molecular weight excluding hydrogens is 319 g/mol. The number of carbonyl (C=O) groups is 1. The van der Waals surface area contributed by atoms with Gasteiger partial charge in [0.1, 0.15) is 0 Å². The zero-order valence-corrected chi connectivity index (χ0v) is 13.3. The summed E-state index contributed by atoms with van der Waals surface area (Å²) >= 11 is 1.54. The first-order valence-corrected chi connectivity index (χ1v) is 6.39. The van der Waals surface area contributed by atoms with Gasteiger partial charge < -0.3 is 11.1 Å². The first-order valence-electron chi connectivity index (χ1n) is 5.51. The molecule has 0 atom stereocenters. The van der Waals surface area contributed by atoms with E-state index < -0.39 is 0 Å². The number of hydrogen-bond donors (Lipinski definition) is 2. The number of halogens is 2. The number of nitrogens with two attached hydrogens (primary N) is 1. The van der Waals surface area contributed by atoms with Crippen molar-refractivity contribution in [3.63, 3.8) is 0 Å². The molecule has 0 aliphatic rings. The topological polar surface area (TPSA) is 80.9 Å². The van der Waals surface area contributed by atoms with E-state index in [0.717, 1.165) is 10.6 Å². The Balaban J connectivity index is 0.00000180. The van der Waals surface area contributed by atoms with Crippen LogP contribution in [0.2, 0.25) is 0 Å². The lowest BCUT2D eigenvalue weighted by atomic mass is 10.2. The van der Waals surface area contributed by atoms with Crippen LogP contribution in [0.5, 0.6) is 0 Å². The normalized spacial score (nSPS) is 9.25. The molecule has 2 heterocycles. The van der Waals surface area contributed by atoms with Gasteiger partial charge in [0.25, 0.3) is 0 Å². The third-order valence-electron chi connectivity index (χ3n) is 2.48. The monoisotopic (exact) mass is 334 g/mol. The van der Waals surface area contributed by atoms with E-state index in [1.165, 1.54) is 0 Å². The van der Waals surface area contributed by atoms with Gasteiger partial charge in [0.2, 0.25) is 5.91 Å². The molecule has 20 heavy (non-hydrogen) atoms. The fraction of sp³-hybridized carbons (Fsp3) is 0.250. The van der Waals surface area contributed by atoms with Crippen molar-refractivity contribution in [1.82, 2.24) is 15.3 Å². The van der Waals surface area contributed by atoms with Gasteiger partial charge in [0.15, 0.2) is 0 Å².